The number of methoxy groups -OCH3 is 3. The highest BCUT2D eigenvalue weighted by atomic mass is 32.2. The number of benzene rings is 4. The number of carbonyl (C=O) groups is 1. The third-order valence-electron chi connectivity index (χ3n) is 7.00. The van der Waals surface area contributed by atoms with Crippen LogP contribution < -0.4 is 14.2 Å². The van der Waals surface area contributed by atoms with Crippen molar-refractivity contribution in [1.82, 2.24) is 5.01 Å². The summed E-state index contributed by atoms with van der Waals surface area (Å²) in [5.74, 6) is 1.71. The Hall–Kier alpha value is -4.56. The van der Waals surface area contributed by atoms with Crippen molar-refractivity contribution >= 4 is 45.4 Å². The average molecular weight is 550 g/mol. The van der Waals surface area contributed by atoms with Crippen molar-refractivity contribution in [3.05, 3.63) is 107 Å². The number of thioether (sulfide) groups is 1. The Balaban J connectivity index is 1.34. The van der Waals surface area contributed by atoms with Crippen LogP contribution >= 0.6 is 11.8 Å². The predicted molar refractivity (Wildman–Crippen MR) is 160 cm³/mol. The van der Waals surface area contributed by atoms with E-state index in [1.54, 1.807) is 21.3 Å². The van der Waals surface area contributed by atoms with Crippen LogP contribution in [0.2, 0.25) is 0 Å². The fourth-order valence-corrected chi connectivity index (χ4v) is 5.82. The van der Waals surface area contributed by atoms with E-state index in [1.807, 2.05) is 65.7 Å². The molecule has 4 aromatic carbocycles. The maximum absolute atomic E-state index is 13.0. The molecule has 0 saturated heterocycles. The number of fused-ring (bicyclic) bond motifs is 1. The number of hydrazone groups is 1. The number of aliphatic imine (C=N–C) groups is 1. The summed E-state index contributed by atoms with van der Waals surface area (Å²) in [4.78, 5) is 18.0. The van der Waals surface area contributed by atoms with Gasteiger partial charge in [-0.15, -0.1) is 0 Å². The first-order chi connectivity index (χ1) is 19.6. The van der Waals surface area contributed by atoms with E-state index in [1.165, 1.54) is 17.1 Å². The molecule has 1 atom stereocenters. The second kappa shape index (κ2) is 10.9. The highest BCUT2D eigenvalue weighted by Crippen LogP contribution is 2.40. The first kappa shape index (κ1) is 25.7. The van der Waals surface area contributed by atoms with Crippen molar-refractivity contribution in [3.8, 4) is 17.2 Å². The summed E-state index contributed by atoms with van der Waals surface area (Å²) in [5, 5.41) is 9.79. The average Bonchev–Trinajstić information content (AvgIpc) is 3.60. The minimum Gasteiger partial charge on any atom is -0.497 e. The number of amidine groups is 1. The molecular formula is C32H27N3O4S. The van der Waals surface area contributed by atoms with Crippen LogP contribution in [-0.4, -0.2) is 43.1 Å². The smallest absolute Gasteiger partial charge is 0.286 e. The number of nitrogens with zero attached hydrogens (tertiary/aromatic N) is 3. The van der Waals surface area contributed by atoms with E-state index in [-0.39, 0.29) is 11.9 Å². The largest absolute Gasteiger partial charge is 0.497 e. The van der Waals surface area contributed by atoms with E-state index in [0.717, 1.165) is 33.5 Å². The first-order valence-corrected chi connectivity index (χ1v) is 13.6. The third-order valence-corrected chi connectivity index (χ3v) is 7.98. The van der Waals surface area contributed by atoms with Gasteiger partial charge in [-0.3, -0.25) is 4.79 Å². The van der Waals surface area contributed by atoms with Gasteiger partial charge >= 0.3 is 0 Å². The van der Waals surface area contributed by atoms with Gasteiger partial charge in [0.15, 0.2) is 16.7 Å². The van der Waals surface area contributed by atoms with Crippen molar-refractivity contribution in [2.75, 3.05) is 21.3 Å². The minimum atomic E-state index is -0.294. The molecule has 0 N–H and O–H groups in total. The van der Waals surface area contributed by atoms with Gasteiger partial charge in [0, 0.05) is 6.42 Å². The first-order valence-electron chi connectivity index (χ1n) is 12.8. The van der Waals surface area contributed by atoms with Gasteiger partial charge < -0.3 is 14.2 Å². The molecule has 40 heavy (non-hydrogen) atoms. The van der Waals surface area contributed by atoms with Crippen molar-refractivity contribution < 1.29 is 19.0 Å². The standard InChI is InChI=1S/C32H27N3O4S/c1-37-25-13-11-22(12-14-25)27-19-26(24-10-9-21-6-4-5-7-23(21)18-24)34-35(27)32-33-31(36)30(40-32)17-20-8-15-28(38-2)29(16-20)39-3/h4-18,27H,19H2,1-3H3/b30-17-. The van der Waals surface area contributed by atoms with Gasteiger partial charge in [-0.2, -0.15) is 10.1 Å². The summed E-state index contributed by atoms with van der Waals surface area (Å²) in [5.41, 5.74) is 3.88. The predicted octanol–water partition coefficient (Wildman–Crippen LogP) is 6.69. The van der Waals surface area contributed by atoms with Gasteiger partial charge in [0.2, 0.25) is 0 Å². The second-order valence-electron chi connectivity index (χ2n) is 9.37. The molecule has 6 rings (SSSR count). The van der Waals surface area contributed by atoms with Crippen LogP contribution in [0.1, 0.15) is 29.2 Å². The fraction of sp³-hybridized carbons (Fsp3) is 0.156. The lowest BCUT2D eigenvalue weighted by Gasteiger charge is -2.22. The Labute approximate surface area is 236 Å². The Morgan fingerprint density at radius 1 is 0.850 bits per heavy atom. The molecule has 1 amide bonds. The molecule has 2 heterocycles. The van der Waals surface area contributed by atoms with Crippen LogP contribution in [0.25, 0.3) is 16.8 Å². The normalized spacial score (nSPS) is 17.8. The van der Waals surface area contributed by atoms with Gasteiger partial charge in [0.05, 0.1) is 38.0 Å². The molecule has 200 valence electrons. The fourth-order valence-electron chi connectivity index (χ4n) is 4.91. The lowest BCUT2D eigenvalue weighted by Crippen LogP contribution is -2.23. The summed E-state index contributed by atoms with van der Waals surface area (Å²) in [6.45, 7) is 0. The van der Waals surface area contributed by atoms with Gasteiger partial charge in [0.1, 0.15) is 5.75 Å². The Morgan fingerprint density at radius 2 is 1.62 bits per heavy atom. The summed E-state index contributed by atoms with van der Waals surface area (Å²) in [6.07, 6.45) is 2.49. The van der Waals surface area contributed by atoms with Crippen LogP contribution in [-0.2, 0) is 4.79 Å². The lowest BCUT2D eigenvalue weighted by molar-refractivity contribution is -0.113. The van der Waals surface area contributed by atoms with Crippen LogP contribution in [0.4, 0.5) is 0 Å². The SMILES string of the molecule is COc1ccc(C2CC(c3ccc4ccccc4c3)=NN2C2=NC(=O)/C(=C/c3ccc(OC)c(OC)c3)S2)cc1. The van der Waals surface area contributed by atoms with E-state index in [2.05, 4.69) is 35.3 Å². The van der Waals surface area contributed by atoms with Crippen LogP contribution in [0.15, 0.2) is 99.9 Å². The molecule has 0 spiro atoms. The quantitative estimate of drug-likeness (QED) is 0.250. The monoisotopic (exact) mass is 549 g/mol. The molecule has 2 aliphatic rings. The van der Waals surface area contributed by atoms with Crippen LogP contribution in [0.3, 0.4) is 0 Å². The summed E-state index contributed by atoms with van der Waals surface area (Å²) in [7, 11) is 4.83. The summed E-state index contributed by atoms with van der Waals surface area (Å²) in [6, 6.07) is 28.1. The molecule has 0 radical (unpaired) electrons. The molecule has 0 aromatic heterocycles. The minimum absolute atomic E-state index is 0.119. The number of hydrogen-bond donors (Lipinski definition) is 0. The Kier molecular flexibility index (Phi) is 7.00. The zero-order valence-electron chi connectivity index (χ0n) is 22.3. The van der Waals surface area contributed by atoms with Gasteiger partial charge in [-0.25, -0.2) is 5.01 Å². The van der Waals surface area contributed by atoms with Gasteiger partial charge in [-0.1, -0.05) is 54.6 Å². The van der Waals surface area contributed by atoms with Crippen molar-refractivity contribution in [3.63, 3.8) is 0 Å². The van der Waals surface area contributed by atoms with E-state index < -0.39 is 0 Å². The highest BCUT2D eigenvalue weighted by Gasteiger charge is 2.36. The number of ether oxygens (including phenoxy) is 3. The number of rotatable bonds is 6. The maximum atomic E-state index is 13.0. The molecule has 2 aliphatic heterocycles. The maximum Gasteiger partial charge on any atom is 0.286 e. The molecule has 0 bridgehead atoms. The third kappa shape index (κ3) is 4.94. The van der Waals surface area contributed by atoms with Crippen LogP contribution in [0, 0.1) is 0 Å². The molecule has 0 saturated carbocycles. The van der Waals surface area contributed by atoms with Gasteiger partial charge in [-0.05, 0) is 75.6 Å². The van der Waals surface area contributed by atoms with Crippen molar-refractivity contribution in [2.24, 2.45) is 10.1 Å². The highest BCUT2D eigenvalue weighted by molar-refractivity contribution is 8.18. The van der Waals surface area contributed by atoms with Crippen molar-refractivity contribution in [1.29, 1.82) is 0 Å². The Bertz CT molecular complexity index is 1690. The lowest BCUT2D eigenvalue weighted by atomic mass is 9.97. The van der Waals surface area contributed by atoms with Gasteiger partial charge in [0.25, 0.3) is 5.91 Å². The van der Waals surface area contributed by atoms with Crippen molar-refractivity contribution in [2.45, 2.75) is 12.5 Å². The summed E-state index contributed by atoms with van der Waals surface area (Å²) >= 11 is 1.32. The molecule has 0 fully saturated rings. The Morgan fingerprint density at radius 3 is 2.38 bits per heavy atom. The van der Waals surface area contributed by atoms with E-state index >= 15 is 0 Å². The number of carbonyl (C=O) groups excluding carboxylic acids is 1. The molecule has 4 aromatic rings. The van der Waals surface area contributed by atoms with E-state index in [0.29, 0.717) is 28.0 Å². The zero-order valence-corrected chi connectivity index (χ0v) is 23.1. The summed E-state index contributed by atoms with van der Waals surface area (Å²) < 4.78 is 16.1. The molecular weight excluding hydrogens is 522 g/mol. The number of amides is 1. The zero-order chi connectivity index (χ0) is 27.6. The topological polar surface area (TPSA) is 72.7 Å². The van der Waals surface area contributed by atoms with E-state index in [9.17, 15) is 4.79 Å². The van der Waals surface area contributed by atoms with E-state index in [4.69, 9.17) is 19.3 Å². The second-order valence-corrected chi connectivity index (χ2v) is 10.4. The molecule has 7 nitrogen and oxygen atoms in total. The van der Waals surface area contributed by atoms with Crippen LogP contribution in [0.5, 0.6) is 17.2 Å². The molecule has 8 heteroatoms. The molecule has 1 unspecified atom stereocenters. The number of hydrogen-bond acceptors (Lipinski definition) is 7. The molecule has 0 aliphatic carbocycles.